The first kappa shape index (κ1) is 40.0. The van der Waals surface area contributed by atoms with Gasteiger partial charge in [0.15, 0.2) is 5.65 Å². The van der Waals surface area contributed by atoms with Crippen molar-refractivity contribution in [2.75, 3.05) is 31.6 Å². The fourth-order valence-electron chi connectivity index (χ4n) is 7.29. The van der Waals surface area contributed by atoms with E-state index in [1.807, 2.05) is 54.6 Å². The van der Waals surface area contributed by atoms with Crippen LogP contribution in [0.4, 0.5) is 15.0 Å². The van der Waals surface area contributed by atoms with E-state index < -0.39 is 21.7 Å². The average molecular weight is 775 g/mol. The van der Waals surface area contributed by atoms with Crippen molar-refractivity contribution in [2.45, 2.75) is 121 Å². The molecule has 1 amide bonds. The number of amides is 1. The molecule has 0 aliphatic carbocycles. The highest BCUT2D eigenvalue weighted by atomic mass is 28.3. The van der Waals surface area contributed by atoms with E-state index in [4.69, 9.17) is 24.3 Å². The highest BCUT2D eigenvalue weighted by Crippen LogP contribution is 2.44. The van der Waals surface area contributed by atoms with Crippen LogP contribution in [0.1, 0.15) is 58.1 Å². The minimum absolute atomic E-state index is 0.0930. The van der Waals surface area contributed by atoms with Crippen LogP contribution in [-0.2, 0) is 14.2 Å². The van der Waals surface area contributed by atoms with Crippen LogP contribution in [0.25, 0.3) is 28.0 Å². The third kappa shape index (κ3) is 9.95. The summed E-state index contributed by atoms with van der Waals surface area (Å²) in [5.41, 5.74) is 3.81. The number of halogens is 1. The second-order valence-corrected chi connectivity index (χ2v) is 29.7. The molecular formula is C41H59FN6O4Si2. The van der Waals surface area contributed by atoms with Gasteiger partial charge in [-0.05, 0) is 76.7 Å². The van der Waals surface area contributed by atoms with Gasteiger partial charge in [-0.3, -0.25) is 4.98 Å². The molecule has 1 aromatic carbocycles. The molecule has 54 heavy (non-hydrogen) atoms. The van der Waals surface area contributed by atoms with Crippen LogP contribution in [-0.4, -0.2) is 91.1 Å². The lowest BCUT2D eigenvalue weighted by Gasteiger charge is -2.39. The number of rotatable bonds is 14. The Bertz CT molecular complexity index is 1870. The summed E-state index contributed by atoms with van der Waals surface area (Å²) >= 11 is 0. The molecule has 292 valence electrons. The van der Waals surface area contributed by atoms with E-state index in [1.165, 1.54) is 6.07 Å². The second kappa shape index (κ2) is 16.2. The van der Waals surface area contributed by atoms with Crippen molar-refractivity contribution in [3.05, 3.63) is 66.4 Å². The number of carbonyl (C=O) groups is 1. The third-order valence-electron chi connectivity index (χ3n) is 10.3. The third-order valence-corrected chi connectivity index (χ3v) is 13.7. The number of nitrogens with zero attached hydrogens (tertiary/aromatic N) is 6. The fourth-order valence-corrected chi connectivity index (χ4v) is 8.81. The number of hydrogen-bond acceptors (Lipinski definition) is 8. The largest absolute Gasteiger partial charge is 0.444 e. The van der Waals surface area contributed by atoms with E-state index in [0.29, 0.717) is 43.6 Å². The first-order valence-electron chi connectivity index (χ1n) is 19.5. The summed E-state index contributed by atoms with van der Waals surface area (Å²) in [6.07, 6.45) is 6.90. The van der Waals surface area contributed by atoms with Crippen molar-refractivity contribution in [2.24, 2.45) is 0 Å². The normalized spacial score (nSPS) is 19.1. The Kier molecular flexibility index (Phi) is 12.0. The Hall–Kier alpha value is -3.66. The quantitative estimate of drug-likeness (QED) is 0.0711. The maximum absolute atomic E-state index is 14.6. The van der Waals surface area contributed by atoms with Gasteiger partial charge in [0, 0.05) is 82.0 Å². The van der Waals surface area contributed by atoms with E-state index in [0.717, 1.165) is 60.4 Å². The van der Waals surface area contributed by atoms with Crippen molar-refractivity contribution in [1.29, 1.82) is 0 Å². The molecule has 3 aromatic heterocycles. The monoisotopic (exact) mass is 774 g/mol. The van der Waals surface area contributed by atoms with E-state index in [9.17, 15) is 9.18 Å². The molecule has 2 saturated heterocycles. The lowest BCUT2D eigenvalue weighted by Crippen LogP contribution is -2.48. The fraction of sp³-hybridized carbons (Fsp3) is 0.561. The zero-order valence-electron chi connectivity index (χ0n) is 33.7. The van der Waals surface area contributed by atoms with Crippen LogP contribution < -0.4 is 4.90 Å². The summed E-state index contributed by atoms with van der Waals surface area (Å²) in [5, 5.41) is 4.90. The smallest absolute Gasteiger partial charge is 0.410 e. The van der Waals surface area contributed by atoms with Gasteiger partial charge >= 0.3 is 6.09 Å². The van der Waals surface area contributed by atoms with Crippen LogP contribution in [0.15, 0.2) is 54.9 Å². The molecule has 2 atom stereocenters. The zero-order valence-corrected chi connectivity index (χ0v) is 35.7. The molecule has 0 radical (unpaired) electrons. The van der Waals surface area contributed by atoms with Gasteiger partial charge in [-0.1, -0.05) is 57.5 Å². The van der Waals surface area contributed by atoms with Gasteiger partial charge in [-0.25, -0.2) is 14.2 Å². The summed E-state index contributed by atoms with van der Waals surface area (Å²) in [4.78, 5) is 27.4. The van der Waals surface area contributed by atoms with Crippen molar-refractivity contribution in [3.8, 4) is 22.4 Å². The number of ether oxygens (including phenoxy) is 3. The van der Waals surface area contributed by atoms with Crippen LogP contribution >= 0.6 is 0 Å². The molecule has 2 bridgehead atoms. The molecule has 2 fully saturated rings. The molecule has 6 rings (SSSR count). The summed E-state index contributed by atoms with van der Waals surface area (Å²) < 4.78 is 35.1. The molecule has 2 aliphatic rings. The average Bonchev–Trinajstić information content (AvgIpc) is 3.63. The maximum Gasteiger partial charge on any atom is 0.410 e. The lowest BCUT2D eigenvalue weighted by atomic mass is 9.88. The lowest BCUT2D eigenvalue weighted by molar-refractivity contribution is 0.00568. The number of pyridine rings is 1. The summed E-state index contributed by atoms with van der Waals surface area (Å²) in [6, 6.07) is 14.9. The number of hydrogen-bond donors (Lipinski definition) is 0. The highest BCUT2D eigenvalue weighted by Gasteiger charge is 2.45. The van der Waals surface area contributed by atoms with E-state index in [1.54, 1.807) is 18.3 Å². The Balaban J connectivity index is 1.37. The summed E-state index contributed by atoms with van der Waals surface area (Å²) in [6.45, 7) is 22.0. The maximum atomic E-state index is 14.6. The summed E-state index contributed by atoms with van der Waals surface area (Å²) in [7, 11) is -2.59. The van der Waals surface area contributed by atoms with Crippen molar-refractivity contribution >= 4 is 33.7 Å². The molecule has 5 heterocycles. The number of benzene rings is 1. The molecule has 13 heteroatoms. The van der Waals surface area contributed by atoms with Gasteiger partial charge < -0.3 is 24.0 Å². The Morgan fingerprint density at radius 2 is 1.52 bits per heavy atom. The molecule has 2 unspecified atom stereocenters. The van der Waals surface area contributed by atoms with Gasteiger partial charge in [0.25, 0.3) is 0 Å². The minimum Gasteiger partial charge on any atom is -0.444 e. The minimum atomic E-state index is -1.29. The zero-order chi connectivity index (χ0) is 38.8. The predicted molar refractivity (Wildman–Crippen MR) is 219 cm³/mol. The molecule has 4 aromatic rings. The number of fused-ring (bicyclic) bond motifs is 3. The molecule has 2 aliphatic heterocycles. The topological polar surface area (TPSA) is 94.3 Å². The summed E-state index contributed by atoms with van der Waals surface area (Å²) in [5.74, 6) is 0.674. The highest BCUT2D eigenvalue weighted by molar-refractivity contribution is 6.76. The first-order valence-corrected chi connectivity index (χ1v) is 26.9. The molecule has 0 saturated carbocycles. The van der Waals surface area contributed by atoms with Crippen LogP contribution in [0.3, 0.4) is 0 Å². The second-order valence-electron chi connectivity index (χ2n) is 18.4. The van der Waals surface area contributed by atoms with Gasteiger partial charge in [0.1, 0.15) is 30.7 Å². The number of anilines is 1. The van der Waals surface area contributed by atoms with Crippen LogP contribution in [0.2, 0.25) is 51.4 Å². The number of aromatic nitrogens is 4. The van der Waals surface area contributed by atoms with Crippen molar-refractivity contribution in [3.63, 3.8) is 0 Å². The predicted octanol–water partition coefficient (Wildman–Crippen LogP) is 9.67. The molecule has 0 spiro atoms. The van der Waals surface area contributed by atoms with Crippen LogP contribution in [0.5, 0.6) is 0 Å². The Morgan fingerprint density at radius 3 is 2.07 bits per heavy atom. The van der Waals surface area contributed by atoms with Gasteiger partial charge in [-0.2, -0.15) is 9.61 Å². The number of carbonyl (C=O) groups excluding carboxylic acids is 1. The standard InChI is InChI=1S/C41H59FN6O4Si2/c1-41(2,3)52-40(49)47-31-15-16-32(47)23-30(22-31)37-24-38(46(27-50-18-20-53(4,5)6)28-51-19-21-54(7,8)9)48-39(45-37)34(26-44-48)29-14-17-36(43-25-29)33-12-10-11-13-35(33)42/h10-14,17,24-26,30-32H,15-16,18-23,27-28H2,1-9H3. The van der Waals surface area contributed by atoms with Gasteiger partial charge in [0.05, 0.1) is 11.9 Å². The van der Waals surface area contributed by atoms with E-state index >= 15 is 0 Å². The van der Waals surface area contributed by atoms with E-state index in [-0.39, 0.29) is 29.9 Å². The van der Waals surface area contributed by atoms with Crippen molar-refractivity contribution < 1.29 is 23.4 Å². The van der Waals surface area contributed by atoms with Crippen molar-refractivity contribution in [1.82, 2.24) is 24.5 Å². The van der Waals surface area contributed by atoms with E-state index in [2.05, 4.69) is 55.2 Å². The van der Waals surface area contributed by atoms with Gasteiger partial charge in [0.2, 0.25) is 0 Å². The first-order chi connectivity index (χ1) is 25.5. The molecule has 0 N–H and O–H groups in total. The Morgan fingerprint density at radius 1 is 0.889 bits per heavy atom. The Labute approximate surface area is 322 Å². The van der Waals surface area contributed by atoms with Gasteiger partial charge in [-0.15, -0.1) is 0 Å². The number of piperidine rings is 1. The molecule has 10 nitrogen and oxygen atoms in total. The van der Waals surface area contributed by atoms with Crippen LogP contribution in [0, 0.1) is 5.82 Å². The SMILES string of the molecule is CC(C)(C)OC(=O)N1C2CCC1CC(c1cc(N(COCC[Si](C)(C)C)COCC[Si](C)(C)C)n3ncc(-c4ccc(-c5ccccc5F)nc4)c3n1)C2. The molecular weight excluding hydrogens is 716 g/mol.